The first-order chi connectivity index (χ1) is 16.1. The second-order valence-corrected chi connectivity index (χ2v) is 10.5. The van der Waals surface area contributed by atoms with Crippen molar-refractivity contribution in [2.45, 2.75) is 18.7 Å². The van der Waals surface area contributed by atoms with E-state index in [9.17, 15) is 18.0 Å². The molecule has 34 heavy (non-hydrogen) atoms. The number of carbonyl (C=O) groups is 2. The van der Waals surface area contributed by atoms with Gasteiger partial charge in [-0.15, -0.1) is 0 Å². The molecule has 1 heterocycles. The molecule has 5 nitrogen and oxygen atoms in total. The van der Waals surface area contributed by atoms with Gasteiger partial charge in [-0.05, 0) is 62.4 Å². The summed E-state index contributed by atoms with van der Waals surface area (Å²) in [5.74, 6) is -0.935. The van der Waals surface area contributed by atoms with E-state index in [1.807, 2.05) is 6.92 Å². The van der Waals surface area contributed by atoms with Crippen LogP contribution in [-0.2, 0) is 10.0 Å². The molecule has 0 saturated carbocycles. The van der Waals surface area contributed by atoms with Crippen LogP contribution in [0, 0.1) is 6.92 Å². The van der Waals surface area contributed by atoms with Crippen LogP contribution in [0.2, 0.25) is 10.0 Å². The fourth-order valence-electron chi connectivity index (χ4n) is 3.66. The van der Waals surface area contributed by atoms with E-state index in [4.69, 9.17) is 23.2 Å². The summed E-state index contributed by atoms with van der Waals surface area (Å²) in [5, 5.41) is 0.898. The summed E-state index contributed by atoms with van der Waals surface area (Å²) in [7, 11) is -4.14. The smallest absolute Gasteiger partial charge is 0.268 e. The Labute approximate surface area is 207 Å². The van der Waals surface area contributed by atoms with E-state index in [-0.39, 0.29) is 27.3 Å². The van der Waals surface area contributed by atoms with Gasteiger partial charge in [-0.3, -0.25) is 9.59 Å². The van der Waals surface area contributed by atoms with Gasteiger partial charge in [0, 0.05) is 27.4 Å². The predicted molar refractivity (Wildman–Crippen MR) is 134 cm³/mol. The minimum absolute atomic E-state index is 0.0120. The second-order valence-electron chi connectivity index (χ2n) is 7.78. The number of ketones is 2. The highest BCUT2D eigenvalue weighted by Crippen LogP contribution is 2.34. The fourth-order valence-corrected chi connectivity index (χ4v) is 5.30. The third-order valence-corrected chi connectivity index (χ3v) is 7.55. The van der Waals surface area contributed by atoms with E-state index < -0.39 is 21.6 Å². The highest BCUT2D eigenvalue weighted by molar-refractivity contribution is 7.90. The largest absolute Gasteiger partial charge is 0.294 e. The minimum atomic E-state index is -4.14. The molecule has 0 N–H and O–H groups in total. The SMILES string of the molecule is CC(=O)c1c(C(=O)c2ccc(Cl)cc2)cn(S(=O)(=O)c2ccc(C)cc2)c1-c1ccc(Cl)cc1. The van der Waals surface area contributed by atoms with Gasteiger partial charge in [0.15, 0.2) is 11.6 Å². The average molecular weight is 512 g/mol. The van der Waals surface area contributed by atoms with Crippen molar-refractivity contribution in [3.05, 3.63) is 111 Å². The normalized spacial score (nSPS) is 11.4. The number of nitrogens with zero attached hydrogens (tertiary/aromatic N) is 1. The van der Waals surface area contributed by atoms with Gasteiger partial charge in [-0.25, -0.2) is 12.4 Å². The number of aromatic nitrogens is 1. The Kier molecular flexibility index (Phi) is 6.49. The lowest BCUT2D eigenvalue weighted by molar-refractivity contribution is 0.0991. The molecule has 0 spiro atoms. The lowest BCUT2D eigenvalue weighted by atomic mass is 9.97. The van der Waals surface area contributed by atoms with Gasteiger partial charge >= 0.3 is 0 Å². The van der Waals surface area contributed by atoms with Crippen LogP contribution in [0.1, 0.15) is 38.8 Å². The van der Waals surface area contributed by atoms with E-state index in [1.165, 1.54) is 37.4 Å². The summed E-state index contributed by atoms with van der Waals surface area (Å²) in [6.07, 6.45) is 1.22. The zero-order chi connectivity index (χ0) is 24.6. The number of hydrogen-bond donors (Lipinski definition) is 0. The second kappa shape index (κ2) is 9.22. The first kappa shape index (κ1) is 24.0. The molecule has 4 rings (SSSR count). The van der Waals surface area contributed by atoms with Crippen molar-refractivity contribution in [1.29, 1.82) is 0 Å². The molecule has 0 aliphatic carbocycles. The van der Waals surface area contributed by atoms with E-state index in [2.05, 4.69) is 0 Å². The van der Waals surface area contributed by atoms with E-state index >= 15 is 0 Å². The topological polar surface area (TPSA) is 73.2 Å². The molecule has 0 radical (unpaired) electrons. The number of Topliss-reactive ketones (excluding diaryl/α,β-unsaturated/α-hetero) is 1. The Bertz CT molecular complexity index is 1500. The summed E-state index contributed by atoms with van der Waals surface area (Å²) in [5.41, 5.74) is 1.70. The van der Waals surface area contributed by atoms with Crippen LogP contribution in [0.3, 0.4) is 0 Å². The van der Waals surface area contributed by atoms with Crippen molar-refractivity contribution in [2.24, 2.45) is 0 Å². The summed E-state index contributed by atoms with van der Waals surface area (Å²) < 4.78 is 28.4. The highest BCUT2D eigenvalue weighted by Gasteiger charge is 2.31. The van der Waals surface area contributed by atoms with Crippen LogP contribution >= 0.6 is 23.2 Å². The standard InChI is InChI=1S/C26H19Cl2NO4S/c1-16-3-13-22(14-4-16)34(32,33)29-15-23(26(31)19-7-11-21(28)12-8-19)24(17(2)30)25(29)18-5-9-20(27)10-6-18/h3-15H,1-2H3. The Morgan fingerprint density at radius 3 is 1.85 bits per heavy atom. The molecule has 0 fully saturated rings. The molecule has 0 amide bonds. The average Bonchev–Trinajstić information content (AvgIpc) is 3.22. The van der Waals surface area contributed by atoms with Gasteiger partial charge in [0.05, 0.1) is 21.7 Å². The van der Waals surface area contributed by atoms with E-state index in [0.29, 0.717) is 15.6 Å². The lowest BCUT2D eigenvalue weighted by Crippen LogP contribution is -2.14. The molecule has 0 bridgehead atoms. The van der Waals surface area contributed by atoms with Crippen molar-refractivity contribution in [1.82, 2.24) is 3.97 Å². The Balaban J connectivity index is 2.03. The zero-order valence-electron chi connectivity index (χ0n) is 18.2. The quantitative estimate of drug-likeness (QED) is 0.279. The van der Waals surface area contributed by atoms with Crippen LogP contribution in [0.4, 0.5) is 0 Å². The molecule has 0 saturated heterocycles. The zero-order valence-corrected chi connectivity index (χ0v) is 20.6. The third-order valence-electron chi connectivity index (χ3n) is 5.37. The maximum absolute atomic E-state index is 13.7. The van der Waals surface area contributed by atoms with Crippen molar-refractivity contribution in [3.63, 3.8) is 0 Å². The summed E-state index contributed by atoms with van der Waals surface area (Å²) in [6.45, 7) is 3.15. The summed E-state index contributed by atoms with van der Waals surface area (Å²) in [6, 6.07) is 18.9. The van der Waals surface area contributed by atoms with Gasteiger partial charge in [0.2, 0.25) is 0 Å². The van der Waals surface area contributed by atoms with Gasteiger partial charge in [-0.2, -0.15) is 0 Å². The molecule has 1 aromatic heterocycles. The van der Waals surface area contributed by atoms with Gasteiger partial charge in [-0.1, -0.05) is 53.0 Å². The molecule has 8 heteroatoms. The van der Waals surface area contributed by atoms with Crippen molar-refractivity contribution in [2.75, 3.05) is 0 Å². The molecule has 4 aromatic rings. The Hall–Kier alpha value is -3.19. The first-order valence-electron chi connectivity index (χ1n) is 10.2. The molecule has 0 atom stereocenters. The Morgan fingerprint density at radius 1 is 0.794 bits per heavy atom. The monoisotopic (exact) mass is 511 g/mol. The van der Waals surface area contributed by atoms with Crippen LogP contribution < -0.4 is 0 Å². The van der Waals surface area contributed by atoms with E-state index in [0.717, 1.165) is 9.54 Å². The summed E-state index contributed by atoms with van der Waals surface area (Å²) in [4.78, 5) is 26.3. The lowest BCUT2D eigenvalue weighted by Gasteiger charge is -2.12. The number of rotatable bonds is 6. The van der Waals surface area contributed by atoms with Crippen molar-refractivity contribution in [3.8, 4) is 11.3 Å². The fraction of sp³-hybridized carbons (Fsp3) is 0.0769. The minimum Gasteiger partial charge on any atom is -0.294 e. The predicted octanol–water partition coefficient (Wildman–Crippen LogP) is 6.44. The van der Waals surface area contributed by atoms with Crippen LogP contribution in [0.15, 0.2) is 83.9 Å². The molecular formula is C26H19Cl2NO4S. The molecule has 3 aromatic carbocycles. The number of halogens is 2. The van der Waals surface area contributed by atoms with Gasteiger partial charge in [0.25, 0.3) is 10.0 Å². The molecule has 0 aliphatic heterocycles. The molecular weight excluding hydrogens is 493 g/mol. The molecule has 172 valence electrons. The Morgan fingerprint density at radius 2 is 1.32 bits per heavy atom. The molecule has 0 aliphatic rings. The number of carbonyl (C=O) groups excluding carboxylic acids is 2. The van der Waals surface area contributed by atoms with Gasteiger partial charge < -0.3 is 0 Å². The third kappa shape index (κ3) is 4.44. The maximum Gasteiger partial charge on any atom is 0.268 e. The van der Waals surface area contributed by atoms with E-state index in [1.54, 1.807) is 48.5 Å². The molecule has 0 unspecified atom stereocenters. The first-order valence-corrected chi connectivity index (χ1v) is 12.4. The van der Waals surface area contributed by atoms with Crippen LogP contribution in [0.5, 0.6) is 0 Å². The number of hydrogen-bond acceptors (Lipinski definition) is 4. The van der Waals surface area contributed by atoms with Crippen molar-refractivity contribution >= 4 is 44.8 Å². The maximum atomic E-state index is 13.7. The highest BCUT2D eigenvalue weighted by atomic mass is 35.5. The number of aryl methyl sites for hydroxylation is 1. The van der Waals surface area contributed by atoms with Crippen molar-refractivity contribution < 1.29 is 18.0 Å². The van der Waals surface area contributed by atoms with Gasteiger partial charge in [0.1, 0.15) is 0 Å². The van der Waals surface area contributed by atoms with Crippen LogP contribution in [0.25, 0.3) is 11.3 Å². The number of benzene rings is 3. The van der Waals surface area contributed by atoms with Crippen LogP contribution in [-0.4, -0.2) is 24.0 Å². The summed E-state index contributed by atoms with van der Waals surface area (Å²) >= 11 is 12.0.